The number of fused-ring (bicyclic) bond motifs is 1. The summed E-state index contributed by atoms with van der Waals surface area (Å²) in [7, 11) is 5.61. The summed E-state index contributed by atoms with van der Waals surface area (Å²) in [6, 6.07) is 8.37. The molecule has 0 spiro atoms. The summed E-state index contributed by atoms with van der Waals surface area (Å²) in [6.45, 7) is 3.21. The number of aryl methyl sites for hydroxylation is 2. The Hall–Kier alpha value is -1.81. The number of carbonyl (C=O) groups is 1. The number of para-hydroxylation sites is 1. The second-order valence-corrected chi connectivity index (χ2v) is 5.04. The van der Waals surface area contributed by atoms with E-state index >= 15 is 0 Å². The molecule has 4 heteroatoms. The molecule has 2 rings (SSSR count). The fourth-order valence-corrected chi connectivity index (χ4v) is 2.33. The second kappa shape index (κ2) is 5.45. The van der Waals surface area contributed by atoms with Crippen LogP contribution in [0.2, 0.25) is 0 Å². The molecular formula is C15H21N3O. The summed E-state index contributed by atoms with van der Waals surface area (Å²) in [5.41, 5.74) is 3.74. The van der Waals surface area contributed by atoms with Crippen LogP contribution in [0.3, 0.4) is 0 Å². The third-order valence-corrected chi connectivity index (χ3v) is 3.57. The Morgan fingerprint density at radius 1 is 1.32 bits per heavy atom. The molecule has 0 aliphatic rings. The van der Waals surface area contributed by atoms with Crippen molar-refractivity contribution in [2.45, 2.75) is 13.5 Å². The smallest absolute Gasteiger partial charge is 0.236 e. The van der Waals surface area contributed by atoms with E-state index in [1.807, 2.05) is 0 Å². The van der Waals surface area contributed by atoms with Gasteiger partial charge in [-0.15, -0.1) is 0 Å². The third kappa shape index (κ3) is 2.63. The van der Waals surface area contributed by atoms with Gasteiger partial charge in [-0.2, -0.15) is 0 Å². The highest BCUT2D eigenvalue weighted by Crippen LogP contribution is 2.24. The fourth-order valence-electron chi connectivity index (χ4n) is 2.33. The lowest BCUT2D eigenvalue weighted by molar-refractivity contribution is -0.127. The van der Waals surface area contributed by atoms with Crippen LogP contribution in [0.5, 0.6) is 0 Å². The molecular weight excluding hydrogens is 238 g/mol. The minimum absolute atomic E-state index is 0.0939. The van der Waals surface area contributed by atoms with Crippen molar-refractivity contribution >= 4 is 16.8 Å². The molecule has 1 aromatic heterocycles. The molecule has 0 saturated heterocycles. The number of carbonyl (C=O) groups excluding carboxylic acids is 1. The molecule has 0 saturated carbocycles. The van der Waals surface area contributed by atoms with E-state index in [4.69, 9.17) is 0 Å². The number of amides is 1. The van der Waals surface area contributed by atoms with Crippen molar-refractivity contribution in [3.8, 4) is 0 Å². The van der Waals surface area contributed by atoms with Gasteiger partial charge in [-0.25, -0.2) is 0 Å². The van der Waals surface area contributed by atoms with Crippen LogP contribution in [0.15, 0.2) is 24.3 Å². The van der Waals surface area contributed by atoms with E-state index in [9.17, 15) is 4.79 Å². The first-order valence-electron chi connectivity index (χ1n) is 6.46. The van der Waals surface area contributed by atoms with Gasteiger partial charge in [-0.1, -0.05) is 18.2 Å². The Balaban J connectivity index is 2.15. The van der Waals surface area contributed by atoms with Crippen molar-refractivity contribution < 1.29 is 4.79 Å². The van der Waals surface area contributed by atoms with Gasteiger partial charge < -0.3 is 14.8 Å². The molecule has 19 heavy (non-hydrogen) atoms. The maximum absolute atomic E-state index is 11.5. The molecule has 102 valence electrons. The Morgan fingerprint density at radius 2 is 2.00 bits per heavy atom. The van der Waals surface area contributed by atoms with Crippen LogP contribution in [0.1, 0.15) is 11.3 Å². The highest BCUT2D eigenvalue weighted by atomic mass is 16.2. The second-order valence-electron chi connectivity index (χ2n) is 5.04. The summed E-state index contributed by atoms with van der Waals surface area (Å²) in [4.78, 5) is 13.1. The normalized spacial score (nSPS) is 10.9. The summed E-state index contributed by atoms with van der Waals surface area (Å²) < 4.78 is 2.19. The summed E-state index contributed by atoms with van der Waals surface area (Å²) >= 11 is 0. The van der Waals surface area contributed by atoms with E-state index in [2.05, 4.69) is 48.1 Å². The minimum Gasteiger partial charge on any atom is -0.348 e. The van der Waals surface area contributed by atoms with Crippen LogP contribution in [0.4, 0.5) is 0 Å². The predicted molar refractivity (Wildman–Crippen MR) is 78.1 cm³/mol. The first-order chi connectivity index (χ1) is 9.02. The lowest BCUT2D eigenvalue weighted by Crippen LogP contribution is -2.33. The van der Waals surface area contributed by atoms with Crippen molar-refractivity contribution in [3.63, 3.8) is 0 Å². The van der Waals surface area contributed by atoms with E-state index < -0.39 is 0 Å². The van der Waals surface area contributed by atoms with Crippen molar-refractivity contribution in [3.05, 3.63) is 35.5 Å². The molecule has 0 bridgehead atoms. The topological polar surface area (TPSA) is 37.3 Å². The predicted octanol–water partition coefficient (Wildman–Crippen LogP) is 1.66. The molecule has 0 atom stereocenters. The van der Waals surface area contributed by atoms with Crippen LogP contribution in [0, 0.1) is 6.92 Å². The quantitative estimate of drug-likeness (QED) is 0.907. The van der Waals surface area contributed by atoms with Gasteiger partial charge in [0.1, 0.15) is 0 Å². The highest BCUT2D eigenvalue weighted by Gasteiger charge is 2.11. The molecule has 0 unspecified atom stereocenters. The lowest BCUT2D eigenvalue weighted by atomic mass is 10.1. The molecule has 0 aliphatic heterocycles. The van der Waals surface area contributed by atoms with Gasteiger partial charge in [0.15, 0.2) is 0 Å². The Labute approximate surface area is 114 Å². The SMILES string of the molecule is Cc1c(CNCC(=O)N(C)C)n(C)c2ccccc12. The van der Waals surface area contributed by atoms with Crippen LogP contribution in [-0.2, 0) is 18.4 Å². The average molecular weight is 259 g/mol. The van der Waals surface area contributed by atoms with Crippen molar-refractivity contribution in [2.75, 3.05) is 20.6 Å². The largest absolute Gasteiger partial charge is 0.348 e. The standard InChI is InChI=1S/C15H21N3O/c1-11-12-7-5-6-8-13(12)18(4)14(11)9-16-10-15(19)17(2)3/h5-8,16H,9-10H2,1-4H3. The maximum atomic E-state index is 11.5. The monoisotopic (exact) mass is 259 g/mol. The van der Waals surface area contributed by atoms with Gasteiger partial charge in [0.05, 0.1) is 6.54 Å². The number of hydrogen-bond donors (Lipinski definition) is 1. The summed E-state index contributed by atoms with van der Waals surface area (Å²) in [5, 5.41) is 4.49. The van der Waals surface area contributed by atoms with Crippen LogP contribution in [0.25, 0.3) is 10.9 Å². The van der Waals surface area contributed by atoms with Gasteiger partial charge in [0.2, 0.25) is 5.91 Å². The van der Waals surface area contributed by atoms with Crippen LogP contribution < -0.4 is 5.32 Å². The maximum Gasteiger partial charge on any atom is 0.236 e. The highest BCUT2D eigenvalue weighted by molar-refractivity contribution is 5.85. The lowest BCUT2D eigenvalue weighted by Gasteiger charge is -2.12. The molecule has 0 radical (unpaired) electrons. The van der Waals surface area contributed by atoms with Gasteiger partial charge in [-0.3, -0.25) is 4.79 Å². The van der Waals surface area contributed by atoms with E-state index in [1.165, 1.54) is 22.2 Å². The third-order valence-electron chi connectivity index (χ3n) is 3.57. The van der Waals surface area contributed by atoms with Crippen molar-refractivity contribution in [1.82, 2.24) is 14.8 Å². The zero-order valence-corrected chi connectivity index (χ0v) is 12.0. The molecule has 1 N–H and O–H groups in total. The van der Waals surface area contributed by atoms with Crippen LogP contribution in [-0.4, -0.2) is 36.0 Å². The van der Waals surface area contributed by atoms with Crippen molar-refractivity contribution in [1.29, 1.82) is 0 Å². The number of rotatable bonds is 4. The number of hydrogen-bond acceptors (Lipinski definition) is 2. The first-order valence-corrected chi connectivity index (χ1v) is 6.46. The number of likely N-dealkylation sites (N-methyl/N-ethyl adjacent to an activating group) is 1. The summed E-state index contributed by atoms with van der Waals surface area (Å²) in [6.07, 6.45) is 0. The minimum atomic E-state index is 0.0939. The van der Waals surface area contributed by atoms with E-state index in [0.29, 0.717) is 13.1 Å². The Morgan fingerprint density at radius 3 is 2.63 bits per heavy atom. The van der Waals surface area contributed by atoms with Crippen molar-refractivity contribution in [2.24, 2.45) is 7.05 Å². The number of nitrogens with one attached hydrogen (secondary N) is 1. The zero-order chi connectivity index (χ0) is 14.0. The number of nitrogens with zero attached hydrogens (tertiary/aromatic N) is 2. The Bertz CT molecular complexity index is 560. The molecule has 1 aromatic carbocycles. The van der Waals surface area contributed by atoms with Gasteiger partial charge in [-0.05, 0) is 18.6 Å². The molecule has 0 aliphatic carbocycles. The van der Waals surface area contributed by atoms with Gasteiger partial charge in [0.25, 0.3) is 0 Å². The number of benzene rings is 1. The molecule has 1 heterocycles. The molecule has 0 fully saturated rings. The van der Waals surface area contributed by atoms with E-state index in [-0.39, 0.29) is 5.91 Å². The fraction of sp³-hybridized carbons (Fsp3) is 0.400. The molecule has 2 aromatic rings. The van der Waals surface area contributed by atoms with E-state index in [0.717, 1.165) is 0 Å². The average Bonchev–Trinajstić information content (AvgIpc) is 2.64. The number of aromatic nitrogens is 1. The Kier molecular flexibility index (Phi) is 3.90. The first kappa shape index (κ1) is 13.6. The van der Waals surface area contributed by atoms with E-state index in [1.54, 1.807) is 19.0 Å². The van der Waals surface area contributed by atoms with Gasteiger partial charge >= 0.3 is 0 Å². The van der Waals surface area contributed by atoms with Gasteiger partial charge in [0, 0.05) is 44.3 Å². The zero-order valence-electron chi connectivity index (χ0n) is 12.0. The summed E-state index contributed by atoms with van der Waals surface area (Å²) in [5.74, 6) is 0.0939. The molecule has 4 nitrogen and oxygen atoms in total. The molecule has 1 amide bonds. The van der Waals surface area contributed by atoms with Crippen LogP contribution >= 0.6 is 0 Å².